The lowest BCUT2D eigenvalue weighted by molar-refractivity contribution is -0.130. The van der Waals surface area contributed by atoms with E-state index in [-0.39, 0.29) is 11.7 Å². The van der Waals surface area contributed by atoms with Crippen molar-refractivity contribution < 1.29 is 9.90 Å². The lowest BCUT2D eigenvalue weighted by Gasteiger charge is -2.28. The number of amides is 1. The van der Waals surface area contributed by atoms with Gasteiger partial charge in [0, 0.05) is 22.0 Å². The molecule has 30 heavy (non-hydrogen) atoms. The van der Waals surface area contributed by atoms with Gasteiger partial charge >= 0.3 is 0 Å². The molecule has 152 valence electrons. The molecule has 1 aliphatic heterocycles. The van der Waals surface area contributed by atoms with E-state index in [0.717, 1.165) is 27.1 Å². The van der Waals surface area contributed by atoms with Gasteiger partial charge in [-0.1, -0.05) is 71.8 Å². The number of benzene rings is 3. The van der Waals surface area contributed by atoms with Crippen LogP contribution in [-0.2, 0) is 11.3 Å². The molecule has 1 heterocycles. The van der Waals surface area contributed by atoms with E-state index in [2.05, 4.69) is 0 Å². The highest BCUT2D eigenvalue weighted by Crippen LogP contribution is 2.45. The first-order chi connectivity index (χ1) is 14.5. The Morgan fingerprint density at radius 3 is 2.30 bits per heavy atom. The van der Waals surface area contributed by atoms with Gasteiger partial charge in [0.05, 0.1) is 6.04 Å². The Kier molecular flexibility index (Phi) is 5.89. The first-order valence-electron chi connectivity index (χ1n) is 9.68. The van der Waals surface area contributed by atoms with Crippen LogP contribution in [0.5, 0.6) is 0 Å². The lowest BCUT2D eigenvalue weighted by Crippen LogP contribution is -2.30. The zero-order chi connectivity index (χ0) is 21.3. The number of aryl methyl sites for hydroxylation is 1. The molecule has 0 saturated carbocycles. The van der Waals surface area contributed by atoms with Gasteiger partial charge < -0.3 is 10.0 Å². The van der Waals surface area contributed by atoms with Crippen LogP contribution >= 0.6 is 23.4 Å². The molecule has 0 spiro atoms. The van der Waals surface area contributed by atoms with Gasteiger partial charge in [0.2, 0.25) is 0 Å². The Morgan fingerprint density at radius 1 is 1.00 bits per heavy atom. The maximum Gasteiger partial charge on any atom is 0.290 e. The molecule has 0 saturated heterocycles. The third kappa shape index (κ3) is 3.85. The highest BCUT2D eigenvalue weighted by atomic mass is 35.5. The molecule has 0 bridgehead atoms. The summed E-state index contributed by atoms with van der Waals surface area (Å²) >= 11 is 8.21. The van der Waals surface area contributed by atoms with Crippen LogP contribution in [0.2, 0.25) is 5.02 Å². The summed E-state index contributed by atoms with van der Waals surface area (Å²) in [5, 5.41) is 11.4. The van der Waals surface area contributed by atoms with E-state index in [4.69, 9.17) is 11.6 Å². The van der Waals surface area contributed by atoms with Crippen molar-refractivity contribution in [1.29, 1.82) is 0 Å². The van der Waals surface area contributed by atoms with Crippen molar-refractivity contribution in [1.82, 2.24) is 4.90 Å². The molecule has 0 unspecified atom stereocenters. The number of nitrogens with zero attached hydrogens (tertiary/aromatic N) is 1. The molecule has 0 fully saturated rings. The molecule has 3 aromatic carbocycles. The second-order valence-electron chi connectivity index (χ2n) is 7.33. The number of aliphatic hydroxyl groups excluding tert-OH is 1. The zero-order valence-corrected chi connectivity index (χ0v) is 18.4. The smallest absolute Gasteiger partial charge is 0.290 e. The first kappa shape index (κ1) is 20.6. The maximum atomic E-state index is 13.1. The number of thioether (sulfide) groups is 1. The zero-order valence-electron chi connectivity index (χ0n) is 16.8. The van der Waals surface area contributed by atoms with Crippen LogP contribution in [0, 0.1) is 6.92 Å². The quantitative estimate of drug-likeness (QED) is 0.470. The summed E-state index contributed by atoms with van der Waals surface area (Å²) in [6, 6.07) is 23.0. The predicted octanol–water partition coefficient (Wildman–Crippen LogP) is 6.42. The van der Waals surface area contributed by atoms with Crippen molar-refractivity contribution in [3.05, 3.63) is 106 Å². The molecule has 4 rings (SSSR count). The van der Waals surface area contributed by atoms with Crippen LogP contribution in [-0.4, -0.2) is 22.2 Å². The van der Waals surface area contributed by atoms with Crippen LogP contribution in [0.15, 0.2) is 83.5 Å². The van der Waals surface area contributed by atoms with E-state index < -0.39 is 6.04 Å². The molecule has 0 aromatic heterocycles. The number of hydrogen-bond donors (Lipinski definition) is 1. The third-order valence-electron chi connectivity index (χ3n) is 5.38. The number of aliphatic hydroxyl groups is 1. The summed E-state index contributed by atoms with van der Waals surface area (Å²) < 4.78 is 0. The van der Waals surface area contributed by atoms with Crippen molar-refractivity contribution in [2.75, 3.05) is 6.26 Å². The number of carbonyl (C=O) groups excluding carboxylic acids is 1. The van der Waals surface area contributed by atoms with Crippen LogP contribution < -0.4 is 0 Å². The van der Waals surface area contributed by atoms with Crippen molar-refractivity contribution in [2.45, 2.75) is 24.4 Å². The first-order valence-corrected chi connectivity index (χ1v) is 11.3. The van der Waals surface area contributed by atoms with Gasteiger partial charge in [-0.2, -0.15) is 0 Å². The van der Waals surface area contributed by atoms with Crippen LogP contribution in [0.4, 0.5) is 0 Å². The number of rotatable bonds is 5. The van der Waals surface area contributed by atoms with Gasteiger partial charge in [0.15, 0.2) is 5.76 Å². The van der Waals surface area contributed by atoms with E-state index in [0.29, 0.717) is 17.1 Å². The second-order valence-corrected chi connectivity index (χ2v) is 8.62. The standard InChI is InChI=1S/C25H22ClNO2S/c1-16-7-11-18(12-8-16)22-23(20-5-3-4-6-21(20)26)27(25(29)24(22)28)15-17-9-13-19(30-2)14-10-17/h3-14,23,28H,15H2,1-2H3/t23-/m1/s1. The van der Waals surface area contributed by atoms with E-state index in [9.17, 15) is 9.90 Å². The minimum Gasteiger partial charge on any atom is -0.503 e. The fourth-order valence-electron chi connectivity index (χ4n) is 3.79. The molecule has 0 radical (unpaired) electrons. The van der Waals surface area contributed by atoms with Crippen LogP contribution in [0.1, 0.15) is 28.3 Å². The Balaban J connectivity index is 1.80. The van der Waals surface area contributed by atoms with E-state index in [1.807, 2.05) is 86.0 Å². The van der Waals surface area contributed by atoms with Gasteiger partial charge in [0.1, 0.15) is 0 Å². The maximum absolute atomic E-state index is 13.1. The molecule has 1 amide bonds. The average molecular weight is 436 g/mol. The van der Waals surface area contributed by atoms with Crippen molar-refractivity contribution >= 4 is 34.8 Å². The summed E-state index contributed by atoms with van der Waals surface area (Å²) in [5.74, 6) is -0.603. The van der Waals surface area contributed by atoms with Crippen LogP contribution in [0.25, 0.3) is 5.57 Å². The lowest BCUT2D eigenvalue weighted by atomic mass is 9.93. The summed E-state index contributed by atoms with van der Waals surface area (Å²) in [5.41, 5.74) is 4.32. The summed E-state index contributed by atoms with van der Waals surface area (Å²) in [6.45, 7) is 2.39. The minimum atomic E-state index is -0.464. The topological polar surface area (TPSA) is 40.5 Å². The number of halogens is 1. The van der Waals surface area contributed by atoms with Crippen molar-refractivity contribution in [2.24, 2.45) is 0 Å². The molecule has 0 aliphatic carbocycles. The van der Waals surface area contributed by atoms with E-state index >= 15 is 0 Å². The molecule has 3 aromatic rings. The fourth-order valence-corrected chi connectivity index (χ4v) is 4.44. The molecular formula is C25H22ClNO2S. The number of hydrogen-bond acceptors (Lipinski definition) is 3. The summed E-state index contributed by atoms with van der Waals surface area (Å²) in [4.78, 5) is 16.0. The molecule has 3 nitrogen and oxygen atoms in total. The highest BCUT2D eigenvalue weighted by Gasteiger charge is 2.41. The van der Waals surface area contributed by atoms with Gasteiger partial charge in [-0.15, -0.1) is 11.8 Å². The average Bonchev–Trinajstić information content (AvgIpc) is 3.00. The molecular weight excluding hydrogens is 414 g/mol. The van der Waals surface area contributed by atoms with Gasteiger partial charge in [-0.3, -0.25) is 4.79 Å². The van der Waals surface area contributed by atoms with Crippen molar-refractivity contribution in [3.63, 3.8) is 0 Å². The molecule has 5 heteroatoms. The van der Waals surface area contributed by atoms with Crippen molar-refractivity contribution in [3.8, 4) is 0 Å². The fraction of sp³-hybridized carbons (Fsp3) is 0.160. The summed E-state index contributed by atoms with van der Waals surface area (Å²) in [6.07, 6.45) is 2.03. The molecule has 1 aliphatic rings. The largest absolute Gasteiger partial charge is 0.503 e. The Bertz CT molecular complexity index is 1110. The highest BCUT2D eigenvalue weighted by molar-refractivity contribution is 7.98. The predicted molar refractivity (Wildman–Crippen MR) is 124 cm³/mol. The normalized spacial score (nSPS) is 16.4. The van der Waals surface area contributed by atoms with Gasteiger partial charge in [-0.05, 0) is 48.1 Å². The SMILES string of the molecule is CSc1ccc(CN2C(=O)C(O)=C(c3ccc(C)cc3)[C@H]2c2ccccc2Cl)cc1. The Hall–Kier alpha value is -2.69. The Labute approximate surface area is 186 Å². The van der Waals surface area contributed by atoms with E-state index in [1.54, 1.807) is 16.7 Å². The monoisotopic (exact) mass is 435 g/mol. The van der Waals surface area contributed by atoms with Gasteiger partial charge in [0.25, 0.3) is 5.91 Å². The molecule has 1 N–H and O–H groups in total. The van der Waals surface area contributed by atoms with E-state index in [1.165, 1.54) is 0 Å². The summed E-state index contributed by atoms with van der Waals surface area (Å²) in [7, 11) is 0. The Morgan fingerprint density at radius 2 is 1.67 bits per heavy atom. The minimum absolute atomic E-state index is 0.218. The second kappa shape index (κ2) is 8.58. The van der Waals surface area contributed by atoms with Gasteiger partial charge in [-0.25, -0.2) is 0 Å². The van der Waals surface area contributed by atoms with Crippen LogP contribution in [0.3, 0.4) is 0 Å². The molecule has 1 atom stereocenters. The number of carbonyl (C=O) groups is 1. The third-order valence-corrected chi connectivity index (χ3v) is 6.47.